The second kappa shape index (κ2) is 6.93. The van der Waals surface area contributed by atoms with E-state index in [1.54, 1.807) is 24.3 Å². The van der Waals surface area contributed by atoms with Crippen LogP contribution >= 0.6 is 0 Å². The highest BCUT2D eigenvalue weighted by Crippen LogP contribution is 2.26. The zero-order chi connectivity index (χ0) is 15.3. The van der Waals surface area contributed by atoms with E-state index in [0.29, 0.717) is 11.4 Å². The minimum atomic E-state index is -3.14. The number of rotatable bonds is 6. The van der Waals surface area contributed by atoms with Crippen LogP contribution in [0.25, 0.3) is 0 Å². The van der Waals surface area contributed by atoms with E-state index in [9.17, 15) is 13.2 Å². The molecular weight excluding hydrogens is 288 g/mol. The summed E-state index contributed by atoms with van der Waals surface area (Å²) in [5.74, 6) is 0.150. The van der Waals surface area contributed by atoms with E-state index < -0.39 is 9.84 Å². The molecule has 1 aliphatic carbocycles. The quantitative estimate of drug-likeness (QED) is 0.788. The first kappa shape index (κ1) is 15.8. The van der Waals surface area contributed by atoms with Crippen molar-refractivity contribution < 1.29 is 13.2 Å². The van der Waals surface area contributed by atoms with Crippen LogP contribution < -0.4 is 11.1 Å². The van der Waals surface area contributed by atoms with E-state index in [2.05, 4.69) is 5.32 Å². The number of nitrogens with two attached hydrogens (primary N) is 1. The van der Waals surface area contributed by atoms with Crippen molar-refractivity contribution >= 4 is 27.1 Å². The van der Waals surface area contributed by atoms with Crippen LogP contribution in [-0.4, -0.2) is 25.8 Å². The lowest BCUT2D eigenvalue weighted by Gasteiger charge is -2.10. The monoisotopic (exact) mass is 310 g/mol. The summed E-state index contributed by atoms with van der Waals surface area (Å²) in [6.07, 6.45) is 4.24. The minimum absolute atomic E-state index is 0.000566. The van der Waals surface area contributed by atoms with Gasteiger partial charge in [0.25, 0.3) is 0 Å². The molecule has 1 amide bonds. The Hall–Kier alpha value is -1.56. The van der Waals surface area contributed by atoms with Crippen LogP contribution in [0.3, 0.4) is 0 Å². The molecule has 1 fully saturated rings. The van der Waals surface area contributed by atoms with Gasteiger partial charge in [-0.15, -0.1) is 0 Å². The van der Waals surface area contributed by atoms with E-state index in [-0.39, 0.29) is 29.8 Å². The topological polar surface area (TPSA) is 89.3 Å². The third-order valence-electron chi connectivity index (χ3n) is 3.80. The zero-order valence-electron chi connectivity index (χ0n) is 12.0. The Labute approximate surface area is 125 Å². The number of anilines is 2. The van der Waals surface area contributed by atoms with Gasteiger partial charge >= 0.3 is 0 Å². The summed E-state index contributed by atoms with van der Waals surface area (Å²) in [4.78, 5) is 11.8. The molecule has 0 atom stereocenters. The first-order valence-corrected chi connectivity index (χ1v) is 9.12. The number of benzene rings is 1. The highest BCUT2D eigenvalue weighted by atomic mass is 32.2. The smallest absolute Gasteiger partial charge is 0.225 e. The Kier molecular flexibility index (Phi) is 5.22. The molecule has 2 rings (SSSR count). The number of nitrogen functional groups attached to an aromatic ring is 1. The van der Waals surface area contributed by atoms with Crippen LogP contribution in [0, 0.1) is 5.92 Å². The van der Waals surface area contributed by atoms with Gasteiger partial charge < -0.3 is 11.1 Å². The maximum Gasteiger partial charge on any atom is 0.225 e. The van der Waals surface area contributed by atoms with Crippen molar-refractivity contribution in [2.24, 2.45) is 5.92 Å². The summed E-state index contributed by atoms with van der Waals surface area (Å²) in [5, 5.41) is 2.68. The molecule has 0 radical (unpaired) electrons. The molecule has 0 heterocycles. The average molecular weight is 310 g/mol. The summed E-state index contributed by atoms with van der Waals surface area (Å²) in [5.41, 5.74) is 6.80. The third kappa shape index (κ3) is 5.38. The fraction of sp³-hybridized carbons (Fsp3) is 0.533. The maximum absolute atomic E-state index is 12.0. The summed E-state index contributed by atoms with van der Waals surface area (Å²) in [6.45, 7) is 0. The van der Waals surface area contributed by atoms with Crippen LogP contribution in [0.2, 0.25) is 0 Å². The predicted octanol–water partition coefficient (Wildman–Crippen LogP) is 2.20. The van der Waals surface area contributed by atoms with Crippen LogP contribution in [0.1, 0.15) is 32.1 Å². The predicted molar refractivity (Wildman–Crippen MR) is 84.7 cm³/mol. The van der Waals surface area contributed by atoms with Crippen molar-refractivity contribution in [3.63, 3.8) is 0 Å². The Morgan fingerprint density at radius 2 is 1.81 bits per heavy atom. The highest BCUT2D eigenvalue weighted by molar-refractivity contribution is 7.91. The summed E-state index contributed by atoms with van der Waals surface area (Å²) in [7, 11) is -3.14. The lowest BCUT2D eigenvalue weighted by atomic mass is 10.1. The lowest BCUT2D eigenvalue weighted by molar-refractivity contribution is -0.115. The molecule has 0 saturated heterocycles. The Morgan fingerprint density at radius 1 is 1.19 bits per heavy atom. The maximum atomic E-state index is 12.0. The number of amides is 1. The zero-order valence-corrected chi connectivity index (χ0v) is 12.9. The Balaban J connectivity index is 1.78. The second-order valence-corrected chi connectivity index (χ2v) is 7.91. The van der Waals surface area contributed by atoms with Crippen LogP contribution in [0.4, 0.5) is 11.4 Å². The van der Waals surface area contributed by atoms with E-state index in [1.807, 2.05) is 0 Å². The van der Waals surface area contributed by atoms with Crippen LogP contribution in [0.15, 0.2) is 24.3 Å². The number of hydrogen-bond donors (Lipinski definition) is 2. The molecule has 1 aliphatic rings. The minimum Gasteiger partial charge on any atom is -0.399 e. The molecule has 21 heavy (non-hydrogen) atoms. The fourth-order valence-electron chi connectivity index (χ4n) is 2.66. The van der Waals surface area contributed by atoms with Gasteiger partial charge in [0.05, 0.1) is 11.5 Å². The molecule has 0 aromatic heterocycles. The second-order valence-electron chi connectivity index (χ2n) is 5.69. The normalized spacial score (nSPS) is 16.0. The number of nitrogens with one attached hydrogen (secondary N) is 1. The molecule has 0 aliphatic heterocycles. The summed E-state index contributed by atoms with van der Waals surface area (Å²) < 4.78 is 24.0. The van der Waals surface area contributed by atoms with Gasteiger partial charge in [-0.05, 0) is 43.0 Å². The van der Waals surface area contributed by atoms with Crippen LogP contribution in [0.5, 0.6) is 0 Å². The van der Waals surface area contributed by atoms with E-state index in [4.69, 9.17) is 5.73 Å². The van der Waals surface area contributed by atoms with E-state index >= 15 is 0 Å². The first-order valence-electron chi connectivity index (χ1n) is 7.30. The van der Waals surface area contributed by atoms with E-state index in [1.165, 1.54) is 0 Å². The van der Waals surface area contributed by atoms with Gasteiger partial charge in [-0.3, -0.25) is 4.79 Å². The molecule has 0 bridgehead atoms. The van der Waals surface area contributed by atoms with Gasteiger partial charge in [-0.2, -0.15) is 0 Å². The molecule has 116 valence electrons. The molecule has 1 aromatic rings. The Bertz CT molecular complexity index is 575. The number of carbonyl (C=O) groups is 1. The molecule has 1 aromatic carbocycles. The van der Waals surface area contributed by atoms with Crippen molar-refractivity contribution in [1.29, 1.82) is 0 Å². The number of hydrogen-bond acceptors (Lipinski definition) is 4. The molecule has 0 spiro atoms. The third-order valence-corrected chi connectivity index (χ3v) is 5.60. The van der Waals surface area contributed by atoms with Gasteiger partial charge in [-0.25, -0.2) is 8.42 Å². The molecule has 3 N–H and O–H groups in total. The largest absolute Gasteiger partial charge is 0.399 e. The molecule has 1 saturated carbocycles. The van der Waals surface area contributed by atoms with Crippen molar-refractivity contribution in [3.8, 4) is 0 Å². The summed E-state index contributed by atoms with van der Waals surface area (Å²) >= 11 is 0. The molecule has 0 unspecified atom stereocenters. The molecule has 6 heteroatoms. The SMILES string of the molecule is Nc1ccc(NC(=O)CCS(=O)(=O)CC2CCCC2)cc1. The van der Waals surface area contributed by atoms with Gasteiger partial charge in [0.2, 0.25) is 5.91 Å². The first-order chi connectivity index (χ1) is 9.94. The molecule has 5 nitrogen and oxygen atoms in total. The van der Waals surface area contributed by atoms with Crippen molar-refractivity contribution in [2.45, 2.75) is 32.1 Å². The Morgan fingerprint density at radius 3 is 2.43 bits per heavy atom. The van der Waals surface area contributed by atoms with Crippen molar-refractivity contribution in [2.75, 3.05) is 22.6 Å². The van der Waals surface area contributed by atoms with Crippen LogP contribution in [-0.2, 0) is 14.6 Å². The van der Waals surface area contributed by atoms with Gasteiger partial charge in [-0.1, -0.05) is 12.8 Å². The van der Waals surface area contributed by atoms with Crippen molar-refractivity contribution in [3.05, 3.63) is 24.3 Å². The fourth-order valence-corrected chi connectivity index (χ4v) is 4.37. The molecular formula is C15H22N2O3S. The standard InChI is InChI=1S/C15H22N2O3S/c16-13-5-7-14(8-6-13)17-15(18)9-10-21(19,20)11-12-3-1-2-4-12/h5-8,12H,1-4,9-11,16H2,(H,17,18). The number of sulfone groups is 1. The summed E-state index contributed by atoms with van der Waals surface area (Å²) in [6, 6.07) is 6.76. The number of carbonyl (C=O) groups excluding carboxylic acids is 1. The van der Waals surface area contributed by atoms with E-state index in [0.717, 1.165) is 25.7 Å². The van der Waals surface area contributed by atoms with Crippen molar-refractivity contribution in [1.82, 2.24) is 0 Å². The highest BCUT2D eigenvalue weighted by Gasteiger charge is 2.23. The van der Waals surface area contributed by atoms with Gasteiger partial charge in [0.1, 0.15) is 0 Å². The lowest BCUT2D eigenvalue weighted by Crippen LogP contribution is -2.21. The van der Waals surface area contributed by atoms with Gasteiger partial charge in [0.15, 0.2) is 9.84 Å². The van der Waals surface area contributed by atoms with Gasteiger partial charge in [0, 0.05) is 17.8 Å². The average Bonchev–Trinajstić information content (AvgIpc) is 2.91.